The Hall–Kier alpha value is -2.40. The largest absolute Gasteiger partial charge is 0.496 e. The van der Waals surface area contributed by atoms with Crippen LogP contribution in [0.1, 0.15) is 11.1 Å². The Bertz CT molecular complexity index is 889. The molecule has 0 radical (unpaired) electrons. The molecule has 0 heterocycles. The van der Waals surface area contributed by atoms with Gasteiger partial charge in [-0.1, -0.05) is 53.5 Å². The van der Waals surface area contributed by atoms with E-state index in [4.69, 9.17) is 32.7 Å². The molecule has 3 rings (SSSR count). The van der Waals surface area contributed by atoms with Crippen LogP contribution in [0.25, 0.3) is 0 Å². The normalized spacial score (nSPS) is 10.5. The van der Waals surface area contributed by atoms with Crippen LogP contribution in [0.5, 0.6) is 11.5 Å². The summed E-state index contributed by atoms with van der Waals surface area (Å²) in [6, 6.07) is 21.2. The van der Waals surface area contributed by atoms with E-state index in [9.17, 15) is 0 Å². The average Bonchev–Trinajstić information content (AvgIpc) is 2.70. The molecular weight excluding hydrogens is 383 g/mol. The van der Waals surface area contributed by atoms with Gasteiger partial charge in [0, 0.05) is 17.8 Å². The van der Waals surface area contributed by atoms with Crippen LogP contribution < -0.4 is 20.3 Å². The van der Waals surface area contributed by atoms with Gasteiger partial charge in [-0.25, -0.2) is 5.43 Å². The maximum atomic E-state index is 6.18. The van der Waals surface area contributed by atoms with Crippen LogP contribution in [0, 0.1) is 0 Å². The van der Waals surface area contributed by atoms with Gasteiger partial charge < -0.3 is 14.9 Å². The zero-order valence-electron chi connectivity index (χ0n) is 14.8. The summed E-state index contributed by atoms with van der Waals surface area (Å²) in [6.45, 7) is 0.965. The number of ether oxygens (including phenoxy) is 2. The number of methoxy groups -OCH3 is 1. The molecule has 0 saturated heterocycles. The maximum Gasteiger partial charge on any atom is 0.139 e. The minimum atomic E-state index is 0.323. The van der Waals surface area contributed by atoms with Gasteiger partial charge in [-0.05, 0) is 42.0 Å². The number of nitrogens with one attached hydrogen (secondary N) is 2. The second-order valence-corrected chi connectivity index (χ2v) is 6.62. The lowest BCUT2D eigenvalue weighted by molar-refractivity contribution is 0.296. The zero-order chi connectivity index (χ0) is 19.1. The minimum Gasteiger partial charge on any atom is -0.496 e. The molecule has 0 spiro atoms. The van der Waals surface area contributed by atoms with E-state index in [1.165, 1.54) is 0 Å². The van der Waals surface area contributed by atoms with Gasteiger partial charge in [0.1, 0.15) is 23.1 Å². The Labute approximate surface area is 169 Å². The second kappa shape index (κ2) is 9.51. The summed E-state index contributed by atoms with van der Waals surface area (Å²) >= 11 is 12.2. The van der Waals surface area contributed by atoms with Gasteiger partial charge in [-0.15, -0.1) is 0 Å². The zero-order valence-corrected chi connectivity index (χ0v) is 16.3. The van der Waals surface area contributed by atoms with Crippen LogP contribution in [0.3, 0.4) is 0 Å². The fourth-order valence-corrected chi connectivity index (χ4v) is 2.92. The maximum absolute atomic E-state index is 6.18. The molecular formula is C21H20Cl2N2O2. The predicted molar refractivity (Wildman–Crippen MR) is 111 cm³/mol. The van der Waals surface area contributed by atoms with E-state index in [1.54, 1.807) is 25.3 Å². The molecule has 3 aromatic rings. The molecule has 4 nitrogen and oxygen atoms in total. The van der Waals surface area contributed by atoms with Crippen LogP contribution >= 0.6 is 23.2 Å². The number of halogens is 2. The summed E-state index contributed by atoms with van der Waals surface area (Å²) in [5.41, 5.74) is 9.39. The third-order valence-electron chi connectivity index (χ3n) is 3.94. The molecule has 0 bridgehead atoms. The number of hydrogen-bond acceptors (Lipinski definition) is 4. The summed E-state index contributed by atoms with van der Waals surface area (Å²) in [4.78, 5) is 0. The SMILES string of the molecule is COc1ccc(CNNc2ccccc2)cc1COc1cccc(Cl)c1Cl. The van der Waals surface area contributed by atoms with Gasteiger partial charge >= 0.3 is 0 Å². The van der Waals surface area contributed by atoms with Crippen molar-refractivity contribution in [2.75, 3.05) is 12.5 Å². The standard InChI is InChI=1S/C21H20Cl2N2O2/c1-26-19-11-10-15(13-24-25-17-6-3-2-4-7-17)12-16(19)14-27-20-9-5-8-18(22)21(20)23/h2-12,24-25H,13-14H2,1H3. The molecule has 2 N–H and O–H groups in total. The van der Waals surface area contributed by atoms with E-state index < -0.39 is 0 Å². The molecule has 0 fully saturated rings. The summed E-state index contributed by atoms with van der Waals surface area (Å²) in [5, 5.41) is 0.870. The topological polar surface area (TPSA) is 42.5 Å². The van der Waals surface area contributed by atoms with Gasteiger partial charge in [0.05, 0.1) is 12.1 Å². The van der Waals surface area contributed by atoms with Crippen molar-refractivity contribution < 1.29 is 9.47 Å². The molecule has 0 atom stereocenters. The van der Waals surface area contributed by atoms with Crippen LogP contribution in [-0.2, 0) is 13.2 Å². The Morgan fingerprint density at radius 1 is 0.889 bits per heavy atom. The first-order chi connectivity index (χ1) is 13.2. The molecule has 0 saturated carbocycles. The fraction of sp³-hybridized carbons (Fsp3) is 0.143. The highest BCUT2D eigenvalue weighted by molar-refractivity contribution is 6.42. The summed E-state index contributed by atoms with van der Waals surface area (Å²) < 4.78 is 11.3. The van der Waals surface area contributed by atoms with Crippen LogP contribution in [0.2, 0.25) is 10.0 Å². The van der Waals surface area contributed by atoms with E-state index in [1.807, 2.05) is 48.5 Å². The lowest BCUT2D eigenvalue weighted by atomic mass is 10.1. The molecule has 27 heavy (non-hydrogen) atoms. The predicted octanol–water partition coefficient (Wildman–Crippen LogP) is 5.70. The number of rotatable bonds is 8. The van der Waals surface area contributed by atoms with Crippen molar-refractivity contribution in [3.8, 4) is 11.5 Å². The Morgan fingerprint density at radius 2 is 1.70 bits per heavy atom. The molecule has 0 aromatic heterocycles. The Kier molecular flexibility index (Phi) is 6.82. The second-order valence-electron chi connectivity index (χ2n) is 5.83. The fourth-order valence-electron chi connectivity index (χ4n) is 2.58. The van der Waals surface area contributed by atoms with Gasteiger partial charge in [0.15, 0.2) is 0 Å². The first kappa shape index (κ1) is 19.4. The summed E-state index contributed by atoms with van der Waals surface area (Å²) in [5.74, 6) is 1.30. The van der Waals surface area contributed by atoms with Crippen LogP contribution in [-0.4, -0.2) is 7.11 Å². The van der Waals surface area contributed by atoms with E-state index in [0.717, 1.165) is 22.6 Å². The van der Waals surface area contributed by atoms with Crippen LogP contribution in [0.15, 0.2) is 66.7 Å². The first-order valence-electron chi connectivity index (χ1n) is 8.44. The highest BCUT2D eigenvalue weighted by Crippen LogP contribution is 2.32. The molecule has 0 amide bonds. The third-order valence-corrected chi connectivity index (χ3v) is 4.74. The van der Waals surface area contributed by atoms with E-state index in [2.05, 4.69) is 10.9 Å². The van der Waals surface area contributed by atoms with Gasteiger partial charge in [0.25, 0.3) is 0 Å². The molecule has 0 aliphatic rings. The first-order valence-corrected chi connectivity index (χ1v) is 9.19. The van der Waals surface area contributed by atoms with Crippen molar-refractivity contribution in [1.82, 2.24) is 5.43 Å². The molecule has 6 heteroatoms. The van der Waals surface area contributed by atoms with Crippen molar-refractivity contribution in [3.05, 3.63) is 87.9 Å². The third kappa shape index (κ3) is 5.30. The summed E-state index contributed by atoms with van der Waals surface area (Å²) in [7, 11) is 1.64. The quantitative estimate of drug-likeness (QED) is 0.474. The van der Waals surface area contributed by atoms with E-state index in [0.29, 0.717) is 28.9 Å². The number of para-hydroxylation sites is 1. The number of hydrazine groups is 1. The van der Waals surface area contributed by atoms with Crippen molar-refractivity contribution in [3.63, 3.8) is 0 Å². The van der Waals surface area contributed by atoms with Crippen molar-refractivity contribution in [2.24, 2.45) is 0 Å². The molecule has 0 unspecified atom stereocenters. The van der Waals surface area contributed by atoms with Crippen molar-refractivity contribution in [1.29, 1.82) is 0 Å². The molecule has 0 aliphatic carbocycles. The van der Waals surface area contributed by atoms with Gasteiger partial charge in [-0.2, -0.15) is 0 Å². The smallest absolute Gasteiger partial charge is 0.139 e. The number of benzene rings is 3. The highest BCUT2D eigenvalue weighted by Gasteiger charge is 2.09. The van der Waals surface area contributed by atoms with Crippen LogP contribution in [0.4, 0.5) is 5.69 Å². The van der Waals surface area contributed by atoms with Crippen molar-refractivity contribution >= 4 is 28.9 Å². The summed E-state index contributed by atoms with van der Waals surface area (Å²) in [6.07, 6.45) is 0. The molecule has 140 valence electrons. The lowest BCUT2D eigenvalue weighted by Gasteiger charge is -2.14. The Morgan fingerprint density at radius 3 is 2.48 bits per heavy atom. The Balaban J connectivity index is 1.65. The molecule has 0 aliphatic heterocycles. The monoisotopic (exact) mass is 402 g/mol. The minimum absolute atomic E-state index is 0.323. The van der Waals surface area contributed by atoms with Gasteiger partial charge in [-0.3, -0.25) is 0 Å². The van der Waals surface area contributed by atoms with Gasteiger partial charge in [0.2, 0.25) is 0 Å². The van der Waals surface area contributed by atoms with E-state index in [-0.39, 0.29) is 0 Å². The van der Waals surface area contributed by atoms with E-state index >= 15 is 0 Å². The average molecular weight is 403 g/mol. The number of hydrogen-bond donors (Lipinski definition) is 2. The number of anilines is 1. The lowest BCUT2D eigenvalue weighted by Crippen LogP contribution is -2.20. The van der Waals surface area contributed by atoms with Crippen molar-refractivity contribution in [2.45, 2.75) is 13.2 Å². The highest BCUT2D eigenvalue weighted by atomic mass is 35.5. The molecule has 3 aromatic carbocycles.